The fraction of sp³-hybridized carbons (Fsp3) is 0.348. The van der Waals surface area contributed by atoms with Crippen LogP contribution >= 0.6 is 0 Å². The number of likely N-dealkylation sites (tertiary alicyclic amines) is 1. The van der Waals surface area contributed by atoms with Crippen molar-refractivity contribution in [2.24, 2.45) is 5.16 Å². The number of rotatable bonds is 5. The Morgan fingerprint density at radius 2 is 2.09 bits per heavy atom. The molecular weight excluding hydrogens is 410 g/mol. The van der Waals surface area contributed by atoms with Crippen molar-refractivity contribution in [2.45, 2.75) is 37.8 Å². The second kappa shape index (κ2) is 8.41. The van der Waals surface area contributed by atoms with Crippen LogP contribution < -0.4 is 5.32 Å². The van der Waals surface area contributed by atoms with Gasteiger partial charge >= 0.3 is 0 Å². The highest BCUT2D eigenvalue weighted by Crippen LogP contribution is 2.34. The normalized spacial score (nSPS) is 20.2. The predicted octanol–water partition coefficient (Wildman–Crippen LogP) is 2.22. The molecule has 1 spiro atoms. The van der Waals surface area contributed by atoms with Gasteiger partial charge in [-0.25, -0.2) is 0 Å². The first kappa shape index (κ1) is 20.2. The fourth-order valence-corrected chi connectivity index (χ4v) is 4.28. The van der Waals surface area contributed by atoms with Crippen molar-refractivity contribution < 1.29 is 18.9 Å². The molecule has 0 bridgehead atoms. The topological polar surface area (TPSA) is 110 Å². The Morgan fingerprint density at radius 1 is 1.19 bits per heavy atom. The third-order valence-corrected chi connectivity index (χ3v) is 5.94. The number of oxime groups is 1. The first-order valence-electron chi connectivity index (χ1n) is 10.7. The van der Waals surface area contributed by atoms with Gasteiger partial charge in [-0.3, -0.25) is 14.6 Å². The number of carbonyl (C=O) groups is 2. The van der Waals surface area contributed by atoms with Gasteiger partial charge in [0.15, 0.2) is 11.2 Å². The van der Waals surface area contributed by atoms with E-state index >= 15 is 0 Å². The van der Waals surface area contributed by atoms with E-state index in [0.717, 1.165) is 23.8 Å². The Hall–Kier alpha value is -3.75. The molecule has 2 aromatic heterocycles. The molecule has 32 heavy (non-hydrogen) atoms. The molecule has 4 heterocycles. The standard InChI is InChI=1S/C23H23N5O4/c29-21(11-18-17-6-1-2-7-20(17)31-26-18)28-10-4-8-23(15-28)12-19(27-32-23)22(30)25-14-16-5-3-9-24-13-16/h1-3,5-7,9,13H,4,8,10-12,14-15H2,(H,25,30). The van der Waals surface area contributed by atoms with Crippen molar-refractivity contribution in [3.8, 4) is 0 Å². The Bertz CT molecular complexity index is 1180. The first-order chi connectivity index (χ1) is 15.6. The van der Waals surface area contributed by atoms with Gasteiger partial charge in [0.1, 0.15) is 11.4 Å². The third kappa shape index (κ3) is 4.05. The van der Waals surface area contributed by atoms with Gasteiger partial charge in [-0.2, -0.15) is 0 Å². The number of hydrogen-bond donors (Lipinski definition) is 1. The number of piperidine rings is 1. The van der Waals surface area contributed by atoms with Gasteiger partial charge in [-0.05, 0) is 36.6 Å². The van der Waals surface area contributed by atoms with Crippen LogP contribution in [0.2, 0.25) is 0 Å². The van der Waals surface area contributed by atoms with Crippen LogP contribution in [0.3, 0.4) is 0 Å². The number of pyridine rings is 1. The number of hydrogen-bond acceptors (Lipinski definition) is 7. The number of amides is 2. The van der Waals surface area contributed by atoms with Crippen LogP contribution in [0.15, 0.2) is 58.5 Å². The lowest BCUT2D eigenvalue weighted by atomic mass is 9.87. The van der Waals surface area contributed by atoms with E-state index in [4.69, 9.17) is 9.36 Å². The van der Waals surface area contributed by atoms with Crippen LogP contribution in [0.25, 0.3) is 11.0 Å². The summed E-state index contributed by atoms with van der Waals surface area (Å²) < 4.78 is 5.31. The van der Waals surface area contributed by atoms with Crippen LogP contribution in [0.5, 0.6) is 0 Å². The second-order valence-electron chi connectivity index (χ2n) is 8.25. The average Bonchev–Trinajstić information content (AvgIpc) is 3.43. The Kier molecular flexibility index (Phi) is 5.30. The minimum absolute atomic E-state index is 0.0405. The minimum atomic E-state index is -0.652. The van der Waals surface area contributed by atoms with Crippen molar-refractivity contribution in [3.05, 3.63) is 60.0 Å². The van der Waals surface area contributed by atoms with Crippen molar-refractivity contribution in [3.63, 3.8) is 0 Å². The summed E-state index contributed by atoms with van der Waals surface area (Å²) in [4.78, 5) is 37.1. The summed E-state index contributed by atoms with van der Waals surface area (Å²) >= 11 is 0. The van der Waals surface area contributed by atoms with Gasteiger partial charge in [-0.15, -0.1) is 0 Å². The highest BCUT2D eigenvalue weighted by atomic mass is 16.7. The largest absolute Gasteiger partial charge is 0.386 e. The van der Waals surface area contributed by atoms with Crippen molar-refractivity contribution in [1.82, 2.24) is 20.4 Å². The summed E-state index contributed by atoms with van der Waals surface area (Å²) in [6.45, 7) is 1.40. The van der Waals surface area contributed by atoms with Crippen molar-refractivity contribution in [1.29, 1.82) is 0 Å². The van der Waals surface area contributed by atoms with E-state index in [1.165, 1.54) is 0 Å². The zero-order chi connectivity index (χ0) is 22.0. The summed E-state index contributed by atoms with van der Waals surface area (Å²) in [6.07, 6.45) is 5.45. The molecule has 164 valence electrons. The van der Waals surface area contributed by atoms with E-state index < -0.39 is 5.60 Å². The van der Waals surface area contributed by atoms with E-state index in [2.05, 4.69) is 20.6 Å². The average molecular weight is 433 g/mol. The van der Waals surface area contributed by atoms with Gasteiger partial charge < -0.3 is 19.6 Å². The van der Waals surface area contributed by atoms with Gasteiger partial charge in [0.25, 0.3) is 5.91 Å². The lowest BCUT2D eigenvalue weighted by Gasteiger charge is -2.38. The van der Waals surface area contributed by atoms with E-state index in [-0.39, 0.29) is 18.2 Å². The molecule has 9 nitrogen and oxygen atoms in total. The van der Waals surface area contributed by atoms with Gasteiger partial charge in [-0.1, -0.05) is 28.5 Å². The molecular formula is C23H23N5O4. The number of para-hydroxylation sites is 1. The number of nitrogens with zero attached hydrogens (tertiary/aromatic N) is 4. The molecule has 0 radical (unpaired) electrons. The summed E-state index contributed by atoms with van der Waals surface area (Å²) in [6, 6.07) is 11.2. The molecule has 1 N–H and O–H groups in total. The number of benzene rings is 1. The van der Waals surface area contributed by atoms with Crippen LogP contribution in [0, 0.1) is 0 Å². The van der Waals surface area contributed by atoms with Gasteiger partial charge in [0.05, 0.1) is 13.0 Å². The fourth-order valence-electron chi connectivity index (χ4n) is 4.28. The molecule has 2 amide bonds. The van der Waals surface area contributed by atoms with Crippen LogP contribution in [-0.4, -0.2) is 51.3 Å². The third-order valence-electron chi connectivity index (χ3n) is 5.94. The number of nitrogens with one attached hydrogen (secondary N) is 1. The molecule has 0 saturated carbocycles. The smallest absolute Gasteiger partial charge is 0.269 e. The molecule has 3 aromatic rings. The molecule has 0 aliphatic carbocycles. The maximum absolute atomic E-state index is 13.0. The van der Waals surface area contributed by atoms with Crippen LogP contribution in [0.1, 0.15) is 30.5 Å². The van der Waals surface area contributed by atoms with Gasteiger partial charge in [0, 0.05) is 37.3 Å². The number of aromatic nitrogens is 2. The zero-order valence-corrected chi connectivity index (χ0v) is 17.5. The Morgan fingerprint density at radius 3 is 2.97 bits per heavy atom. The summed E-state index contributed by atoms with van der Waals surface area (Å²) in [7, 11) is 0. The predicted molar refractivity (Wildman–Crippen MR) is 115 cm³/mol. The molecule has 1 unspecified atom stereocenters. The lowest BCUT2D eigenvalue weighted by Crippen LogP contribution is -2.51. The van der Waals surface area contributed by atoms with E-state index in [1.54, 1.807) is 17.3 Å². The molecule has 1 fully saturated rings. The van der Waals surface area contributed by atoms with Crippen molar-refractivity contribution in [2.75, 3.05) is 13.1 Å². The number of carbonyl (C=O) groups excluding carboxylic acids is 2. The maximum atomic E-state index is 13.0. The molecule has 2 aliphatic heterocycles. The molecule has 1 aromatic carbocycles. The minimum Gasteiger partial charge on any atom is -0.386 e. The zero-order valence-electron chi connectivity index (χ0n) is 17.5. The van der Waals surface area contributed by atoms with Crippen LogP contribution in [-0.2, 0) is 27.4 Å². The van der Waals surface area contributed by atoms with E-state index in [1.807, 2.05) is 36.4 Å². The molecule has 9 heteroatoms. The summed E-state index contributed by atoms with van der Waals surface area (Å²) in [5.74, 6) is -0.301. The monoisotopic (exact) mass is 433 g/mol. The molecule has 1 atom stereocenters. The number of fused-ring (bicyclic) bond motifs is 1. The van der Waals surface area contributed by atoms with Crippen molar-refractivity contribution >= 4 is 28.5 Å². The Balaban J connectivity index is 1.19. The SMILES string of the molecule is O=C(NCc1cccnc1)C1=NOC2(CCCN(C(=O)Cc3noc4ccccc34)C2)C1. The highest BCUT2D eigenvalue weighted by Gasteiger charge is 2.45. The summed E-state index contributed by atoms with van der Waals surface area (Å²) in [5.41, 5.74) is 1.90. The summed E-state index contributed by atoms with van der Waals surface area (Å²) in [5, 5.41) is 11.8. The molecule has 2 aliphatic rings. The van der Waals surface area contributed by atoms with Crippen LogP contribution in [0.4, 0.5) is 0 Å². The highest BCUT2D eigenvalue weighted by molar-refractivity contribution is 6.39. The van der Waals surface area contributed by atoms with E-state index in [9.17, 15) is 9.59 Å². The second-order valence-corrected chi connectivity index (χ2v) is 8.25. The molecule has 1 saturated heterocycles. The Labute approximate surface area is 184 Å². The van der Waals surface area contributed by atoms with Gasteiger partial charge in [0.2, 0.25) is 5.91 Å². The van der Waals surface area contributed by atoms with E-state index in [0.29, 0.717) is 43.0 Å². The maximum Gasteiger partial charge on any atom is 0.269 e. The quantitative estimate of drug-likeness (QED) is 0.661. The lowest BCUT2D eigenvalue weighted by molar-refractivity contribution is -0.140. The first-order valence-corrected chi connectivity index (χ1v) is 10.7. The molecule has 5 rings (SSSR count).